The molecule has 2 heterocycles. The van der Waals surface area contributed by atoms with Gasteiger partial charge in [-0.15, -0.1) is 0 Å². The molecule has 1 aromatic heterocycles. The van der Waals surface area contributed by atoms with Crippen molar-refractivity contribution < 1.29 is 9.21 Å². The van der Waals surface area contributed by atoms with Gasteiger partial charge in [0.05, 0.1) is 19.4 Å². The largest absolute Gasteiger partial charge is 0.467 e. The molecule has 2 N–H and O–H groups in total. The summed E-state index contributed by atoms with van der Waals surface area (Å²) in [6.07, 6.45) is 3.73. The van der Waals surface area contributed by atoms with Crippen molar-refractivity contribution in [1.29, 1.82) is 0 Å². The summed E-state index contributed by atoms with van der Waals surface area (Å²) in [5, 5.41) is 6.53. The summed E-state index contributed by atoms with van der Waals surface area (Å²) in [5.41, 5.74) is 2.49. The molecule has 0 aliphatic carbocycles. The third kappa shape index (κ3) is 4.61. The molecule has 0 radical (unpaired) electrons. The number of hydrogen-bond donors (Lipinski definition) is 2. The standard InChI is InChI=1S/C19H25N3O2/c1-15-5-2-3-7-18(15)21-16-8-10-22(11-9-16)14-19(23)20-13-17-6-4-12-24-17/h2-7,12,16,21H,8-11,13-14H2,1H3,(H,20,23). The molecule has 0 atom stereocenters. The Morgan fingerprint density at radius 3 is 2.71 bits per heavy atom. The van der Waals surface area contributed by atoms with Gasteiger partial charge in [-0.1, -0.05) is 18.2 Å². The number of nitrogens with zero attached hydrogens (tertiary/aromatic N) is 1. The highest BCUT2D eigenvalue weighted by Gasteiger charge is 2.21. The number of hydrogen-bond acceptors (Lipinski definition) is 4. The molecule has 5 heteroatoms. The van der Waals surface area contributed by atoms with E-state index in [4.69, 9.17) is 4.42 Å². The summed E-state index contributed by atoms with van der Waals surface area (Å²) < 4.78 is 5.22. The molecule has 1 saturated heterocycles. The molecule has 1 amide bonds. The molecule has 0 spiro atoms. The van der Waals surface area contributed by atoms with Crippen LogP contribution in [0.4, 0.5) is 5.69 Å². The van der Waals surface area contributed by atoms with Crippen molar-refractivity contribution in [3.8, 4) is 0 Å². The van der Waals surface area contributed by atoms with Gasteiger partial charge >= 0.3 is 0 Å². The lowest BCUT2D eigenvalue weighted by Gasteiger charge is -2.32. The molecule has 0 saturated carbocycles. The van der Waals surface area contributed by atoms with Gasteiger partial charge in [0, 0.05) is 24.8 Å². The molecule has 1 aromatic carbocycles. The number of benzene rings is 1. The van der Waals surface area contributed by atoms with E-state index in [0.717, 1.165) is 31.7 Å². The molecule has 1 aliphatic heterocycles. The molecule has 0 unspecified atom stereocenters. The smallest absolute Gasteiger partial charge is 0.234 e. The third-order valence-electron chi connectivity index (χ3n) is 4.50. The van der Waals surface area contributed by atoms with Gasteiger partial charge in [0.15, 0.2) is 0 Å². The second-order valence-corrected chi connectivity index (χ2v) is 6.37. The first-order valence-corrected chi connectivity index (χ1v) is 8.54. The first kappa shape index (κ1) is 16.6. The van der Waals surface area contributed by atoms with Crippen LogP contribution in [0.1, 0.15) is 24.2 Å². The summed E-state index contributed by atoms with van der Waals surface area (Å²) in [6, 6.07) is 12.5. The van der Waals surface area contributed by atoms with E-state index in [1.807, 2.05) is 12.1 Å². The Morgan fingerprint density at radius 2 is 2.00 bits per heavy atom. The molecular weight excluding hydrogens is 302 g/mol. The van der Waals surface area contributed by atoms with E-state index in [9.17, 15) is 4.79 Å². The third-order valence-corrected chi connectivity index (χ3v) is 4.50. The van der Waals surface area contributed by atoms with Crippen LogP contribution < -0.4 is 10.6 Å². The molecular formula is C19H25N3O2. The Bertz CT molecular complexity index is 646. The van der Waals surface area contributed by atoms with Crippen LogP contribution in [-0.4, -0.2) is 36.5 Å². The number of aryl methyl sites for hydroxylation is 1. The van der Waals surface area contributed by atoms with Gasteiger partial charge in [0.25, 0.3) is 0 Å². The summed E-state index contributed by atoms with van der Waals surface area (Å²) in [6.45, 7) is 4.92. The highest BCUT2D eigenvalue weighted by Crippen LogP contribution is 2.19. The maximum Gasteiger partial charge on any atom is 0.234 e. The molecule has 3 rings (SSSR count). The van der Waals surface area contributed by atoms with Gasteiger partial charge in [0.2, 0.25) is 5.91 Å². The van der Waals surface area contributed by atoms with E-state index in [-0.39, 0.29) is 5.91 Å². The summed E-state index contributed by atoms with van der Waals surface area (Å²) in [7, 11) is 0. The van der Waals surface area contributed by atoms with Gasteiger partial charge in [-0.25, -0.2) is 0 Å². The molecule has 1 fully saturated rings. The SMILES string of the molecule is Cc1ccccc1NC1CCN(CC(=O)NCc2ccco2)CC1. The Balaban J connectivity index is 1.39. The number of likely N-dealkylation sites (tertiary alicyclic amines) is 1. The topological polar surface area (TPSA) is 57.5 Å². The number of para-hydroxylation sites is 1. The van der Waals surface area contributed by atoms with Crippen LogP contribution in [-0.2, 0) is 11.3 Å². The van der Waals surface area contributed by atoms with Gasteiger partial charge in [-0.3, -0.25) is 9.69 Å². The van der Waals surface area contributed by atoms with E-state index < -0.39 is 0 Å². The van der Waals surface area contributed by atoms with Gasteiger partial charge in [-0.2, -0.15) is 0 Å². The minimum absolute atomic E-state index is 0.0525. The Morgan fingerprint density at radius 1 is 1.21 bits per heavy atom. The van der Waals surface area contributed by atoms with Crippen LogP contribution in [0.3, 0.4) is 0 Å². The number of anilines is 1. The second kappa shape index (κ2) is 8.02. The zero-order valence-electron chi connectivity index (χ0n) is 14.1. The Labute approximate surface area is 143 Å². The normalized spacial score (nSPS) is 16.0. The highest BCUT2D eigenvalue weighted by molar-refractivity contribution is 5.77. The van der Waals surface area contributed by atoms with Crippen molar-refractivity contribution in [1.82, 2.24) is 10.2 Å². The molecule has 1 aliphatic rings. The second-order valence-electron chi connectivity index (χ2n) is 6.37. The van der Waals surface area contributed by atoms with Crippen LogP contribution in [0.5, 0.6) is 0 Å². The Hall–Kier alpha value is -2.27. The van der Waals surface area contributed by atoms with Gasteiger partial charge in [0.1, 0.15) is 5.76 Å². The summed E-state index contributed by atoms with van der Waals surface area (Å²) in [4.78, 5) is 14.2. The van der Waals surface area contributed by atoms with Crippen molar-refractivity contribution in [2.45, 2.75) is 32.4 Å². The predicted molar refractivity (Wildman–Crippen MR) is 94.8 cm³/mol. The van der Waals surface area contributed by atoms with E-state index in [1.165, 1.54) is 11.3 Å². The van der Waals surface area contributed by atoms with Crippen molar-refractivity contribution in [2.75, 3.05) is 25.0 Å². The maximum atomic E-state index is 12.0. The van der Waals surface area contributed by atoms with Crippen LogP contribution in [0.2, 0.25) is 0 Å². The van der Waals surface area contributed by atoms with Crippen molar-refractivity contribution in [3.63, 3.8) is 0 Å². The molecule has 5 nitrogen and oxygen atoms in total. The molecule has 128 valence electrons. The number of rotatable bonds is 6. The van der Waals surface area contributed by atoms with Crippen LogP contribution >= 0.6 is 0 Å². The summed E-state index contributed by atoms with van der Waals surface area (Å²) in [5.74, 6) is 0.834. The van der Waals surface area contributed by atoms with Crippen LogP contribution in [0, 0.1) is 6.92 Å². The monoisotopic (exact) mass is 327 g/mol. The number of carbonyl (C=O) groups is 1. The zero-order valence-corrected chi connectivity index (χ0v) is 14.1. The minimum atomic E-state index is 0.0525. The fourth-order valence-electron chi connectivity index (χ4n) is 3.05. The van der Waals surface area contributed by atoms with E-state index in [2.05, 4.69) is 46.7 Å². The average molecular weight is 327 g/mol. The zero-order chi connectivity index (χ0) is 16.8. The molecule has 0 bridgehead atoms. The maximum absolute atomic E-state index is 12.0. The van der Waals surface area contributed by atoms with E-state index in [0.29, 0.717) is 19.1 Å². The summed E-state index contributed by atoms with van der Waals surface area (Å²) >= 11 is 0. The van der Waals surface area contributed by atoms with E-state index in [1.54, 1.807) is 6.26 Å². The quantitative estimate of drug-likeness (QED) is 0.856. The van der Waals surface area contributed by atoms with Crippen molar-refractivity contribution in [2.24, 2.45) is 0 Å². The lowest BCUT2D eigenvalue weighted by Crippen LogP contribution is -2.44. The molecule has 2 aromatic rings. The lowest BCUT2D eigenvalue weighted by atomic mass is 10.0. The molecule has 24 heavy (non-hydrogen) atoms. The fraction of sp³-hybridized carbons (Fsp3) is 0.421. The number of furan rings is 1. The lowest BCUT2D eigenvalue weighted by molar-refractivity contribution is -0.122. The van der Waals surface area contributed by atoms with E-state index >= 15 is 0 Å². The van der Waals surface area contributed by atoms with Crippen LogP contribution in [0.25, 0.3) is 0 Å². The first-order chi connectivity index (χ1) is 11.7. The minimum Gasteiger partial charge on any atom is -0.467 e. The van der Waals surface area contributed by atoms with Crippen molar-refractivity contribution >= 4 is 11.6 Å². The average Bonchev–Trinajstić information content (AvgIpc) is 3.10. The number of amides is 1. The Kier molecular flexibility index (Phi) is 5.54. The fourth-order valence-corrected chi connectivity index (χ4v) is 3.05. The number of carbonyl (C=O) groups excluding carboxylic acids is 1. The first-order valence-electron chi connectivity index (χ1n) is 8.54. The highest BCUT2D eigenvalue weighted by atomic mass is 16.3. The van der Waals surface area contributed by atoms with Gasteiger partial charge in [-0.05, 0) is 43.5 Å². The number of piperidine rings is 1. The van der Waals surface area contributed by atoms with Crippen LogP contribution in [0.15, 0.2) is 47.1 Å². The van der Waals surface area contributed by atoms with Crippen molar-refractivity contribution in [3.05, 3.63) is 54.0 Å². The number of nitrogens with one attached hydrogen (secondary N) is 2. The predicted octanol–water partition coefficient (Wildman–Crippen LogP) is 2.78. The van der Waals surface area contributed by atoms with Gasteiger partial charge < -0.3 is 15.1 Å².